The molecule has 82 valence electrons. The summed E-state index contributed by atoms with van der Waals surface area (Å²) in [5, 5.41) is 0. The van der Waals surface area contributed by atoms with Crippen LogP contribution in [0.15, 0.2) is 12.2 Å². The summed E-state index contributed by atoms with van der Waals surface area (Å²) in [4.78, 5) is 0. The van der Waals surface area contributed by atoms with E-state index in [9.17, 15) is 0 Å². The van der Waals surface area contributed by atoms with Crippen molar-refractivity contribution in [2.24, 2.45) is 11.8 Å². The molecule has 1 saturated carbocycles. The summed E-state index contributed by atoms with van der Waals surface area (Å²) in [5.74, 6) is 1.82. The van der Waals surface area contributed by atoms with Gasteiger partial charge in [-0.15, -0.1) is 0 Å². The molecular formula is C14H26. The minimum Gasteiger partial charge on any atom is -0.0880 e. The predicted octanol–water partition coefficient (Wildman–Crippen LogP) is 4.95. The first-order valence-electron chi connectivity index (χ1n) is 6.49. The molecule has 0 aromatic heterocycles. The van der Waals surface area contributed by atoms with Gasteiger partial charge in [-0.05, 0) is 31.1 Å². The summed E-state index contributed by atoms with van der Waals surface area (Å²) >= 11 is 0. The van der Waals surface area contributed by atoms with E-state index in [1.54, 1.807) is 0 Å². The normalized spacial score (nSPS) is 20.7. The Morgan fingerprint density at radius 1 is 1.29 bits per heavy atom. The van der Waals surface area contributed by atoms with Crippen LogP contribution in [0.3, 0.4) is 0 Å². The summed E-state index contributed by atoms with van der Waals surface area (Å²) in [5.41, 5.74) is 0. The van der Waals surface area contributed by atoms with Gasteiger partial charge in [-0.25, -0.2) is 0 Å². The zero-order chi connectivity index (χ0) is 10.2. The van der Waals surface area contributed by atoms with Crippen LogP contribution >= 0.6 is 0 Å². The maximum atomic E-state index is 2.48. The molecule has 0 heteroatoms. The van der Waals surface area contributed by atoms with Crippen LogP contribution in [0, 0.1) is 11.8 Å². The van der Waals surface area contributed by atoms with Gasteiger partial charge in [0.2, 0.25) is 0 Å². The SMILES string of the molecule is CCCCC(C)C/C=C/C1CCCC1. The topological polar surface area (TPSA) is 0 Å². The Hall–Kier alpha value is -0.260. The Labute approximate surface area is 89.8 Å². The minimum absolute atomic E-state index is 0.896. The summed E-state index contributed by atoms with van der Waals surface area (Å²) in [6.07, 6.45) is 16.2. The maximum Gasteiger partial charge on any atom is -0.0234 e. The van der Waals surface area contributed by atoms with Crippen molar-refractivity contribution in [2.75, 3.05) is 0 Å². The zero-order valence-corrected chi connectivity index (χ0v) is 9.97. The molecule has 14 heavy (non-hydrogen) atoms. The molecule has 0 bridgehead atoms. The Bertz CT molecular complexity index is 151. The highest BCUT2D eigenvalue weighted by Crippen LogP contribution is 2.26. The molecule has 0 aromatic carbocycles. The van der Waals surface area contributed by atoms with Crippen molar-refractivity contribution >= 4 is 0 Å². The summed E-state index contributed by atoms with van der Waals surface area (Å²) in [7, 11) is 0. The largest absolute Gasteiger partial charge is 0.0880 e. The highest BCUT2D eigenvalue weighted by atomic mass is 14.2. The molecule has 1 fully saturated rings. The molecule has 0 saturated heterocycles. The lowest BCUT2D eigenvalue weighted by Crippen LogP contribution is -1.93. The van der Waals surface area contributed by atoms with Gasteiger partial charge in [-0.2, -0.15) is 0 Å². The molecule has 0 aliphatic heterocycles. The molecule has 0 spiro atoms. The Morgan fingerprint density at radius 2 is 2.00 bits per heavy atom. The number of allylic oxidation sites excluding steroid dienone is 2. The van der Waals surface area contributed by atoms with Crippen molar-refractivity contribution in [1.29, 1.82) is 0 Å². The van der Waals surface area contributed by atoms with Gasteiger partial charge in [-0.3, -0.25) is 0 Å². The van der Waals surface area contributed by atoms with Crippen molar-refractivity contribution in [3.05, 3.63) is 12.2 Å². The molecule has 0 amide bonds. The first-order valence-corrected chi connectivity index (χ1v) is 6.49. The molecule has 1 aliphatic rings. The second-order valence-electron chi connectivity index (χ2n) is 4.96. The fourth-order valence-electron chi connectivity index (χ4n) is 2.32. The summed E-state index contributed by atoms with van der Waals surface area (Å²) < 4.78 is 0. The van der Waals surface area contributed by atoms with E-state index in [2.05, 4.69) is 26.0 Å². The average molecular weight is 194 g/mol. The third-order valence-electron chi connectivity index (χ3n) is 3.40. The molecule has 1 atom stereocenters. The quantitative estimate of drug-likeness (QED) is 0.525. The molecule has 0 aromatic rings. The minimum atomic E-state index is 0.896. The van der Waals surface area contributed by atoms with Crippen molar-refractivity contribution in [3.8, 4) is 0 Å². The van der Waals surface area contributed by atoms with Crippen LogP contribution in [0.2, 0.25) is 0 Å². The summed E-state index contributed by atoms with van der Waals surface area (Å²) in [6.45, 7) is 4.66. The molecule has 1 unspecified atom stereocenters. The molecule has 1 aliphatic carbocycles. The first-order chi connectivity index (χ1) is 6.83. The Morgan fingerprint density at radius 3 is 2.64 bits per heavy atom. The van der Waals surface area contributed by atoms with E-state index in [0.29, 0.717) is 0 Å². The second-order valence-corrected chi connectivity index (χ2v) is 4.96. The number of hydrogen-bond acceptors (Lipinski definition) is 0. The monoisotopic (exact) mass is 194 g/mol. The van der Waals surface area contributed by atoms with Crippen LogP contribution in [0.5, 0.6) is 0 Å². The molecule has 0 nitrogen and oxygen atoms in total. The number of hydrogen-bond donors (Lipinski definition) is 0. The van der Waals surface area contributed by atoms with E-state index in [0.717, 1.165) is 11.8 Å². The van der Waals surface area contributed by atoms with Crippen LogP contribution in [-0.4, -0.2) is 0 Å². The third kappa shape index (κ3) is 4.83. The van der Waals surface area contributed by atoms with E-state index < -0.39 is 0 Å². The standard InChI is InChI=1S/C14H26/c1-3-4-8-13(2)9-7-12-14-10-5-6-11-14/h7,12-14H,3-6,8-11H2,1-2H3/b12-7+. The Balaban J connectivity index is 2.05. The predicted molar refractivity (Wildman–Crippen MR) is 64.4 cm³/mol. The molecule has 0 heterocycles. The molecule has 0 radical (unpaired) electrons. The van der Waals surface area contributed by atoms with E-state index in [1.165, 1.54) is 51.4 Å². The van der Waals surface area contributed by atoms with E-state index in [1.807, 2.05) is 0 Å². The van der Waals surface area contributed by atoms with E-state index in [-0.39, 0.29) is 0 Å². The van der Waals surface area contributed by atoms with Crippen LogP contribution in [0.25, 0.3) is 0 Å². The van der Waals surface area contributed by atoms with Gasteiger partial charge in [0.05, 0.1) is 0 Å². The third-order valence-corrected chi connectivity index (χ3v) is 3.40. The number of rotatable bonds is 6. The lowest BCUT2D eigenvalue weighted by Gasteiger charge is -2.07. The van der Waals surface area contributed by atoms with Crippen LogP contribution in [0.1, 0.15) is 65.2 Å². The highest BCUT2D eigenvalue weighted by Gasteiger charge is 2.10. The van der Waals surface area contributed by atoms with Gasteiger partial charge in [0.25, 0.3) is 0 Å². The van der Waals surface area contributed by atoms with Gasteiger partial charge in [0, 0.05) is 0 Å². The van der Waals surface area contributed by atoms with Crippen LogP contribution in [-0.2, 0) is 0 Å². The smallest absolute Gasteiger partial charge is 0.0234 e. The molecular weight excluding hydrogens is 168 g/mol. The maximum absolute atomic E-state index is 2.48. The number of unbranched alkanes of at least 4 members (excludes halogenated alkanes) is 1. The molecule has 1 rings (SSSR count). The van der Waals surface area contributed by atoms with Crippen LogP contribution < -0.4 is 0 Å². The van der Waals surface area contributed by atoms with E-state index in [4.69, 9.17) is 0 Å². The van der Waals surface area contributed by atoms with Crippen molar-refractivity contribution in [1.82, 2.24) is 0 Å². The zero-order valence-electron chi connectivity index (χ0n) is 9.97. The van der Waals surface area contributed by atoms with Crippen LogP contribution in [0.4, 0.5) is 0 Å². The lowest BCUT2D eigenvalue weighted by atomic mass is 9.99. The van der Waals surface area contributed by atoms with Gasteiger partial charge < -0.3 is 0 Å². The lowest BCUT2D eigenvalue weighted by molar-refractivity contribution is 0.510. The van der Waals surface area contributed by atoms with E-state index >= 15 is 0 Å². The van der Waals surface area contributed by atoms with Gasteiger partial charge in [-0.1, -0.05) is 58.1 Å². The first kappa shape index (κ1) is 11.8. The Kier molecular flexibility index (Phi) is 5.98. The summed E-state index contributed by atoms with van der Waals surface area (Å²) in [6, 6.07) is 0. The van der Waals surface area contributed by atoms with Gasteiger partial charge in [0.15, 0.2) is 0 Å². The fourth-order valence-corrected chi connectivity index (χ4v) is 2.32. The van der Waals surface area contributed by atoms with Gasteiger partial charge >= 0.3 is 0 Å². The fraction of sp³-hybridized carbons (Fsp3) is 0.857. The highest BCUT2D eigenvalue weighted by molar-refractivity contribution is 4.91. The average Bonchev–Trinajstić information content (AvgIpc) is 2.67. The second kappa shape index (κ2) is 7.09. The van der Waals surface area contributed by atoms with Crippen molar-refractivity contribution < 1.29 is 0 Å². The molecule has 0 N–H and O–H groups in total. The van der Waals surface area contributed by atoms with Gasteiger partial charge in [0.1, 0.15) is 0 Å². The van der Waals surface area contributed by atoms with Crippen molar-refractivity contribution in [3.63, 3.8) is 0 Å². The van der Waals surface area contributed by atoms with Crippen molar-refractivity contribution in [2.45, 2.75) is 65.2 Å².